The Bertz CT molecular complexity index is 823. The Morgan fingerprint density at radius 2 is 1.86 bits per heavy atom. The molecule has 0 spiro atoms. The molecule has 1 unspecified atom stereocenters. The Labute approximate surface area is 169 Å². The number of halogens is 1. The van der Waals surface area contributed by atoms with Gasteiger partial charge < -0.3 is 20.1 Å². The van der Waals surface area contributed by atoms with Gasteiger partial charge in [0.2, 0.25) is 5.91 Å². The number of rotatable bonds is 7. The third-order valence-electron chi connectivity index (χ3n) is 5.03. The maximum absolute atomic E-state index is 13.2. The topological polar surface area (TPSA) is 78.9 Å². The first-order chi connectivity index (χ1) is 14.0. The normalized spacial score (nSPS) is 15.6. The molecule has 1 saturated heterocycles. The van der Waals surface area contributed by atoms with Crippen LogP contribution in [-0.4, -0.2) is 48.1 Å². The van der Waals surface area contributed by atoms with E-state index in [0.29, 0.717) is 37.2 Å². The quantitative estimate of drug-likeness (QED) is 0.748. The number of nitrogens with one attached hydrogen (secondary N) is 1. The summed E-state index contributed by atoms with van der Waals surface area (Å²) in [5, 5.41) is 12.8. The molecule has 2 amide bonds. The molecule has 2 aromatic carbocycles. The van der Waals surface area contributed by atoms with Crippen LogP contribution in [0.25, 0.3) is 0 Å². The van der Waals surface area contributed by atoms with E-state index in [1.807, 2.05) is 18.2 Å². The molecule has 1 aliphatic rings. The number of para-hydroxylation sites is 1. The molecule has 6 nitrogen and oxygen atoms in total. The van der Waals surface area contributed by atoms with E-state index in [-0.39, 0.29) is 30.9 Å². The third-order valence-corrected chi connectivity index (χ3v) is 5.03. The second-order valence-corrected chi connectivity index (χ2v) is 7.07. The molecule has 3 rings (SSSR count). The Kier molecular flexibility index (Phi) is 7.19. The molecule has 0 radical (unpaired) electrons. The molecule has 1 atom stereocenters. The molecule has 1 aliphatic heterocycles. The average molecular weight is 400 g/mol. The van der Waals surface area contributed by atoms with Crippen molar-refractivity contribution in [3.05, 3.63) is 66.0 Å². The van der Waals surface area contributed by atoms with Crippen LogP contribution in [-0.2, 0) is 9.59 Å². The Hall–Kier alpha value is -2.93. The van der Waals surface area contributed by atoms with E-state index in [4.69, 9.17) is 4.74 Å². The average Bonchev–Trinajstić information content (AvgIpc) is 2.76. The number of carbonyl (C=O) groups is 2. The Balaban J connectivity index is 1.39. The Morgan fingerprint density at radius 1 is 1.14 bits per heavy atom. The highest BCUT2D eigenvalue weighted by Crippen LogP contribution is 2.19. The molecular formula is C22H25FN2O4. The van der Waals surface area contributed by atoms with Crippen molar-refractivity contribution in [2.45, 2.75) is 18.9 Å². The van der Waals surface area contributed by atoms with Gasteiger partial charge in [0, 0.05) is 25.6 Å². The SMILES string of the molecule is O=C(NCC(O)c1cccc(F)c1)C1CCN(C(=O)COc2ccccc2)CC1. The minimum absolute atomic E-state index is 0.0202. The number of likely N-dealkylation sites (tertiary alicyclic amines) is 1. The number of benzene rings is 2. The zero-order chi connectivity index (χ0) is 20.6. The zero-order valence-electron chi connectivity index (χ0n) is 16.1. The standard InChI is InChI=1S/C22H25FN2O4/c23-18-6-4-5-17(13-18)20(26)14-24-22(28)16-9-11-25(12-10-16)21(27)15-29-19-7-2-1-3-8-19/h1-8,13,16,20,26H,9-12,14-15H2,(H,24,28). The predicted molar refractivity (Wildman–Crippen MR) is 106 cm³/mol. The lowest BCUT2D eigenvalue weighted by atomic mass is 9.95. The number of piperidine rings is 1. The molecule has 154 valence electrons. The lowest BCUT2D eigenvalue weighted by molar-refractivity contribution is -0.137. The number of aliphatic hydroxyl groups excluding tert-OH is 1. The van der Waals surface area contributed by atoms with Crippen molar-refractivity contribution in [3.8, 4) is 5.75 Å². The summed E-state index contributed by atoms with van der Waals surface area (Å²) >= 11 is 0. The van der Waals surface area contributed by atoms with Crippen LogP contribution in [0.3, 0.4) is 0 Å². The summed E-state index contributed by atoms with van der Waals surface area (Å²) in [7, 11) is 0. The fraction of sp³-hybridized carbons (Fsp3) is 0.364. The van der Waals surface area contributed by atoms with Crippen LogP contribution in [0.4, 0.5) is 4.39 Å². The van der Waals surface area contributed by atoms with Crippen molar-refractivity contribution in [3.63, 3.8) is 0 Å². The van der Waals surface area contributed by atoms with E-state index < -0.39 is 11.9 Å². The molecule has 2 aromatic rings. The molecule has 0 bridgehead atoms. The van der Waals surface area contributed by atoms with Crippen molar-refractivity contribution >= 4 is 11.8 Å². The summed E-state index contributed by atoms with van der Waals surface area (Å²) < 4.78 is 18.7. The second kappa shape index (κ2) is 10.0. The van der Waals surface area contributed by atoms with Gasteiger partial charge in [0.05, 0.1) is 6.10 Å². The molecular weight excluding hydrogens is 375 g/mol. The van der Waals surface area contributed by atoms with E-state index in [1.54, 1.807) is 23.1 Å². The summed E-state index contributed by atoms with van der Waals surface area (Å²) in [6, 6.07) is 14.8. The summed E-state index contributed by atoms with van der Waals surface area (Å²) in [5.41, 5.74) is 0.420. The smallest absolute Gasteiger partial charge is 0.260 e. The minimum atomic E-state index is -0.966. The van der Waals surface area contributed by atoms with Gasteiger partial charge in [-0.05, 0) is 42.7 Å². The summed E-state index contributed by atoms with van der Waals surface area (Å²) in [5.74, 6) is -0.260. The molecule has 0 saturated carbocycles. The largest absolute Gasteiger partial charge is 0.484 e. The van der Waals surface area contributed by atoms with Gasteiger partial charge in [0.15, 0.2) is 6.61 Å². The molecule has 0 aliphatic carbocycles. The molecule has 0 aromatic heterocycles. The van der Waals surface area contributed by atoms with Crippen LogP contribution in [0.2, 0.25) is 0 Å². The van der Waals surface area contributed by atoms with Crippen molar-refractivity contribution in [2.75, 3.05) is 26.2 Å². The van der Waals surface area contributed by atoms with Crippen LogP contribution in [0.5, 0.6) is 5.75 Å². The third kappa shape index (κ3) is 6.02. The number of ether oxygens (including phenoxy) is 1. The van der Waals surface area contributed by atoms with Gasteiger partial charge in [-0.25, -0.2) is 4.39 Å². The van der Waals surface area contributed by atoms with Crippen LogP contribution in [0, 0.1) is 11.7 Å². The van der Waals surface area contributed by atoms with E-state index in [0.717, 1.165) is 0 Å². The van der Waals surface area contributed by atoms with E-state index >= 15 is 0 Å². The number of hydrogen-bond donors (Lipinski definition) is 2. The van der Waals surface area contributed by atoms with Crippen LogP contribution in [0.15, 0.2) is 54.6 Å². The number of nitrogens with zero attached hydrogens (tertiary/aromatic N) is 1. The fourth-order valence-electron chi connectivity index (χ4n) is 3.32. The second-order valence-electron chi connectivity index (χ2n) is 7.07. The fourth-order valence-corrected chi connectivity index (χ4v) is 3.32. The van der Waals surface area contributed by atoms with Crippen LogP contribution >= 0.6 is 0 Å². The van der Waals surface area contributed by atoms with Gasteiger partial charge in [-0.15, -0.1) is 0 Å². The summed E-state index contributed by atoms with van der Waals surface area (Å²) in [6.07, 6.45) is 0.143. The molecule has 1 fully saturated rings. The molecule has 29 heavy (non-hydrogen) atoms. The lowest BCUT2D eigenvalue weighted by Gasteiger charge is -2.31. The van der Waals surface area contributed by atoms with E-state index in [1.165, 1.54) is 18.2 Å². The first kappa shape index (κ1) is 20.8. The monoisotopic (exact) mass is 400 g/mol. The summed E-state index contributed by atoms with van der Waals surface area (Å²) in [4.78, 5) is 26.4. The number of aliphatic hydroxyl groups is 1. The number of carbonyl (C=O) groups excluding carboxylic acids is 2. The van der Waals surface area contributed by atoms with E-state index in [2.05, 4.69) is 5.32 Å². The lowest BCUT2D eigenvalue weighted by Crippen LogP contribution is -2.45. The highest BCUT2D eigenvalue weighted by atomic mass is 19.1. The maximum Gasteiger partial charge on any atom is 0.260 e. The van der Waals surface area contributed by atoms with Crippen LogP contribution in [0.1, 0.15) is 24.5 Å². The van der Waals surface area contributed by atoms with Crippen molar-refractivity contribution in [1.82, 2.24) is 10.2 Å². The maximum atomic E-state index is 13.2. The van der Waals surface area contributed by atoms with Gasteiger partial charge in [-0.2, -0.15) is 0 Å². The first-order valence-corrected chi connectivity index (χ1v) is 9.70. The first-order valence-electron chi connectivity index (χ1n) is 9.70. The van der Waals surface area contributed by atoms with Crippen LogP contribution < -0.4 is 10.1 Å². The van der Waals surface area contributed by atoms with Crippen molar-refractivity contribution in [1.29, 1.82) is 0 Å². The van der Waals surface area contributed by atoms with Crippen molar-refractivity contribution in [2.24, 2.45) is 5.92 Å². The highest BCUT2D eigenvalue weighted by molar-refractivity contribution is 5.80. The van der Waals surface area contributed by atoms with Gasteiger partial charge in [0.1, 0.15) is 11.6 Å². The summed E-state index contributed by atoms with van der Waals surface area (Å²) in [6.45, 7) is 0.968. The molecule has 2 N–H and O–H groups in total. The van der Waals surface area contributed by atoms with Crippen molar-refractivity contribution < 1.29 is 23.8 Å². The Morgan fingerprint density at radius 3 is 2.55 bits per heavy atom. The number of amides is 2. The predicted octanol–water partition coefficient (Wildman–Crippen LogP) is 2.29. The molecule has 1 heterocycles. The van der Waals surface area contributed by atoms with Gasteiger partial charge >= 0.3 is 0 Å². The highest BCUT2D eigenvalue weighted by Gasteiger charge is 2.27. The van der Waals surface area contributed by atoms with Gasteiger partial charge in [-0.1, -0.05) is 30.3 Å². The zero-order valence-corrected chi connectivity index (χ0v) is 16.1. The van der Waals surface area contributed by atoms with Gasteiger partial charge in [0.25, 0.3) is 5.91 Å². The minimum Gasteiger partial charge on any atom is -0.484 e. The van der Waals surface area contributed by atoms with Gasteiger partial charge in [-0.3, -0.25) is 9.59 Å². The van der Waals surface area contributed by atoms with E-state index in [9.17, 15) is 19.1 Å². The number of hydrogen-bond acceptors (Lipinski definition) is 4. The molecule has 7 heteroatoms.